The van der Waals surface area contributed by atoms with Gasteiger partial charge in [-0.05, 0) is 35.4 Å². The molecule has 0 radical (unpaired) electrons. The highest BCUT2D eigenvalue weighted by molar-refractivity contribution is 5.89. The van der Waals surface area contributed by atoms with Gasteiger partial charge in [-0.3, -0.25) is 0 Å². The van der Waals surface area contributed by atoms with Crippen molar-refractivity contribution in [3.8, 4) is 0 Å². The summed E-state index contributed by atoms with van der Waals surface area (Å²) in [5.41, 5.74) is 7.35. The largest absolute Gasteiger partial charge is 0.399 e. The fourth-order valence-electron chi connectivity index (χ4n) is 1.97. The average molecular weight is 200 g/mol. The SMILES string of the molecule is CCC(=N)C1C=c2ccc(N)cc2=CC1. The Balaban J connectivity index is 2.46. The first-order chi connectivity index (χ1) is 7.20. The minimum atomic E-state index is 0.283. The number of anilines is 1. The number of nitrogens with two attached hydrogens (primary N) is 1. The topological polar surface area (TPSA) is 49.9 Å². The molecule has 1 aromatic rings. The molecule has 3 N–H and O–H groups in total. The van der Waals surface area contributed by atoms with E-state index in [2.05, 4.69) is 12.2 Å². The maximum absolute atomic E-state index is 7.84. The van der Waals surface area contributed by atoms with Gasteiger partial charge in [-0.1, -0.05) is 25.1 Å². The van der Waals surface area contributed by atoms with E-state index in [1.165, 1.54) is 10.4 Å². The second-order valence-corrected chi connectivity index (χ2v) is 3.98. The molecule has 2 heteroatoms. The number of rotatable bonds is 2. The van der Waals surface area contributed by atoms with Crippen molar-refractivity contribution in [1.82, 2.24) is 0 Å². The molecule has 2 nitrogen and oxygen atoms in total. The molecule has 0 saturated carbocycles. The highest BCUT2D eigenvalue weighted by Crippen LogP contribution is 2.12. The maximum atomic E-state index is 7.84. The zero-order valence-electron chi connectivity index (χ0n) is 8.96. The smallest absolute Gasteiger partial charge is 0.0320 e. The van der Waals surface area contributed by atoms with Crippen LogP contribution in [-0.4, -0.2) is 5.71 Å². The third-order valence-electron chi connectivity index (χ3n) is 2.91. The molecule has 0 bridgehead atoms. The van der Waals surface area contributed by atoms with Crippen LogP contribution in [0.1, 0.15) is 19.8 Å². The van der Waals surface area contributed by atoms with Gasteiger partial charge in [0.05, 0.1) is 0 Å². The molecule has 0 spiro atoms. The molecule has 0 saturated heterocycles. The first kappa shape index (κ1) is 9.97. The first-order valence-electron chi connectivity index (χ1n) is 5.35. The van der Waals surface area contributed by atoms with Gasteiger partial charge in [0.25, 0.3) is 0 Å². The van der Waals surface area contributed by atoms with Crippen LogP contribution >= 0.6 is 0 Å². The van der Waals surface area contributed by atoms with E-state index in [4.69, 9.17) is 11.1 Å². The first-order valence-corrected chi connectivity index (χ1v) is 5.35. The summed E-state index contributed by atoms with van der Waals surface area (Å²) in [5.74, 6) is 0.283. The van der Waals surface area contributed by atoms with Crippen LogP contribution in [-0.2, 0) is 0 Å². The van der Waals surface area contributed by atoms with Crippen LogP contribution in [0.15, 0.2) is 18.2 Å². The quantitative estimate of drug-likeness (QED) is 0.548. The van der Waals surface area contributed by atoms with E-state index < -0.39 is 0 Å². The van der Waals surface area contributed by atoms with Crippen LogP contribution in [0.5, 0.6) is 0 Å². The van der Waals surface area contributed by atoms with Crippen molar-refractivity contribution in [3.63, 3.8) is 0 Å². The molecule has 1 aliphatic rings. The van der Waals surface area contributed by atoms with Gasteiger partial charge in [-0.15, -0.1) is 0 Å². The lowest BCUT2D eigenvalue weighted by Crippen LogP contribution is -2.31. The van der Waals surface area contributed by atoms with Gasteiger partial charge in [-0.25, -0.2) is 0 Å². The number of hydrogen-bond acceptors (Lipinski definition) is 2. The van der Waals surface area contributed by atoms with Crippen molar-refractivity contribution < 1.29 is 0 Å². The second-order valence-electron chi connectivity index (χ2n) is 3.98. The lowest BCUT2D eigenvalue weighted by molar-refractivity contribution is 0.902. The van der Waals surface area contributed by atoms with Crippen molar-refractivity contribution in [2.75, 3.05) is 5.73 Å². The molecule has 1 aromatic carbocycles. The number of nitrogen functional groups attached to an aromatic ring is 1. The third kappa shape index (κ3) is 1.94. The van der Waals surface area contributed by atoms with Crippen LogP contribution in [0.2, 0.25) is 0 Å². The monoisotopic (exact) mass is 200 g/mol. The van der Waals surface area contributed by atoms with Crippen LogP contribution in [0.25, 0.3) is 12.2 Å². The summed E-state index contributed by atoms with van der Waals surface area (Å²) in [6.07, 6.45) is 6.13. The van der Waals surface area contributed by atoms with Crippen molar-refractivity contribution in [1.29, 1.82) is 5.41 Å². The van der Waals surface area contributed by atoms with Gasteiger partial charge < -0.3 is 11.1 Å². The lowest BCUT2D eigenvalue weighted by atomic mass is 9.92. The van der Waals surface area contributed by atoms with E-state index >= 15 is 0 Å². The number of nitrogens with one attached hydrogen (secondary N) is 1. The Morgan fingerprint density at radius 2 is 2.27 bits per heavy atom. The molecule has 1 aliphatic carbocycles. The van der Waals surface area contributed by atoms with E-state index in [9.17, 15) is 0 Å². The number of benzene rings is 1. The summed E-state index contributed by atoms with van der Waals surface area (Å²) in [7, 11) is 0. The van der Waals surface area contributed by atoms with Gasteiger partial charge in [0.2, 0.25) is 0 Å². The minimum absolute atomic E-state index is 0.283. The average Bonchev–Trinajstić information content (AvgIpc) is 2.27. The normalized spacial score (nSPS) is 18.6. The highest BCUT2D eigenvalue weighted by Gasteiger charge is 2.11. The van der Waals surface area contributed by atoms with Gasteiger partial charge >= 0.3 is 0 Å². The van der Waals surface area contributed by atoms with Crippen molar-refractivity contribution in [2.45, 2.75) is 19.8 Å². The molecule has 0 amide bonds. The molecular formula is C13H16N2. The Morgan fingerprint density at radius 3 is 3.00 bits per heavy atom. The van der Waals surface area contributed by atoms with Crippen molar-refractivity contribution in [3.05, 3.63) is 28.6 Å². The fourth-order valence-corrected chi connectivity index (χ4v) is 1.97. The van der Waals surface area contributed by atoms with Crippen LogP contribution in [0, 0.1) is 11.3 Å². The summed E-state index contributed by atoms with van der Waals surface area (Å²) in [4.78, 5) is 0. The Bertz CT molecular complexity index is 500. The zero-order valence-corrected chi connectivity index (χ0v) is 8.96. The molecule has 0 aliphatic heterocycles. The summed E-state index contributed by atoms with van der Waals surface area (Å²) in [6, 6.07) is 5.95. The van der Waals surface area contributed by atoms with Gasteiger partial charge in [0.1, 0.15) is 0 Å². The van der Waals surface area contributed by atoms with E-state index in [1.54, 1.807) is 0 Å². The molecule has 0 heterocycles. The van der Waals surface area contributed by atoms with Gasteiger partial charge in [0, 0.05) is 17.3 Å². The predicted octanol–water partition coefficient (Wildman–Crippen LogP) is 1.28. The fraction of sp³-hybridized carbons (Fsp3) is 0.308. The van der Waals surface area contributed by atoms with Crippen LogP contribution < -0.4 is 16.2 Å². The summed E-state index contributed by atoms with van der Waals surface area (Å²) in [6.45, 7) is 2.04. The molecular weight excluding hydrogens is 184 g/mol. The van der Waals surface area contributed by atoms with Crippen molar-refractivity contribution >= 4 is 23.6 Å². The zero-order chi connectivity index (χ0) is 10.8. The molecule has 15 heavy (non-hydrogen) atoms. The summed E-state index contributed by atoms with van der Waals surface area (Å²) in [5, 5.41) is 10.3. The van der Waals surface area contributed by atoms with Gasteiger partial charge in [0.15, 0.2) is 0 Å². The summed E-state index contributed by atoms with van der Waals surface area (Å²) < 4.78 is 0. The molecule has 2 rings (SSSR count). The summed E-state index contributed by atoms with van der Waals surface area (Å²) >= 11 is 0. The molecule has 1 unspecified atom stereocenters. The molecule has 0 aromatic heterocycles. The Hall–Kier alpha value is -1.57. The van der Waals surface area contributed by atoms with Gasteiger partial charge in [-0.2, -0.15) is 0 Å². The second kappa shape index (κ2) is 3.89. The molecule has 0 fully saturated rings. The molecule has 78 valence electrons. The lowest BCUT2D eigenvalue weighted by Gasteiger charge is -2.14. The van der Waals surface area contributed by atoms with E-state index in [0.29, 0.717) is 0 Å². The number of hydrogen-bond donors (Lipinski definition) is 2. The highest BCUT2D eigenvalue weighted by atomic mass is 14.5. The standard InChI is InChI=1S/C13H16N2/c1-2-13(15)11-4-3-10-8-12(14)6-5-9(10)7-11/h3,5-8,11,15H,2,4,14H2,1H3. The van der Waals surface area contributed by atoms with Crippen LogP contribution in [0.4, 0.5) is 5.69 Å². The van der Waals surface area contributed by atoms with E-state index in [1.807, 2.05) is 25.1 Å². The Morgan fingerprint density at radius 1 is 1.47 bits per heavy atom. The van der Waals surface area contributed by atoms with Crippen molar-refractivity contribution in [2.24, 2.45) is 5.92 Å². The molecule has 1 atom stereocenters. The minimum Gasteiger partial charge on any atom is -0.399 e. The maximum Gasteiger partial charge on any atom is 0.0320 e. The van der Waals surface area contributed by atoms with E-state index in [0.717, 1.165) is 24.2 Å². The predicted molar refractivity (Wildman–Crippen MR) is 65.2 cm³/mol. The Labute approximate surface area is 89.6 Å². The van der Waals surface area contributed by atoms with E-state index in [-0.39, 0.29) is 5.92 Å². The number of fused-ring (bicyclic) bond motifs is 1. The van der Waals surface area contributed by atoms with Crippen LogP contribution in [0.3, 0.4) is 0 Å². The Kier molecular flexibility index (Phi) is 2.58. The third-order valence-corrected chi connectivity index (χ3v) is 2.91.